The van der Waals surface area contributed by atoms with E-state index in [-0.39, 0.29) is 28.1 Å². The van der Waals surface area contributed by atoms with Crippen LogP contribution in [0.4, 0.5) is 10.1 Å². The molecule has 0 bridgehead atoms. The summed E-state index contributed by atoms with van der Waals surface area (Å²) in [6, 6.07) is 18.7. The number of halogens is 2. The van der Waals surface area contributed by atoms with Gasteiger partial charge in [0, 0.05) is 9.26 Å². The molecule has 1 amide bonds. The molecule has 31 heavy (non-hydrogen) atoms. The Kier molecular flexibility index (Phi) is 6.38. The van der Waals surface area contributed by atoms with E-state index in [4.69, 9.17) is 0 Å². The van der Waals surface area contributed by atoms with E-state index in [0.717, 1.165) is 26.6 Å². The summed E-state index contributed by atoms with van der Waals surface area (Å²) < 4.78 is 16.8. The average molecular weight is 545 g/mol. The van der Waals surface area contributed by atoms with Gasteiger partial charge in [0.25, 0.3) is 5.56 Å². The zero-order valence-corrected chi connectivity index (χ0v) is 19.4. The Balaban J connectivity index is 1.68. The van der Waals surface area contributed by atoms with Crippen molar-refractivity contribution >= 4 is 56.9 Å². The lowest BCUT2D eigenvalue weighted by Crippen LogP contribution is -2.23. The van der Waals surface area contributed by atoms with Crippen LogP contribution in [0.1, 0.15) is 5.56 Å². The summed E-state index contributed by atoms with van der Waals surface area (Å²) in [5.41, 5.74) is 1.90. The lowest BCUT2D eigenvalue weighted by atomic mass is 10.2. The molecule has 8 heteroatoms. The summed E-state index contributed by atoms with van der Waals surface area (Å²) in [6.07, 6.45) is 0. The van der Waals surface area contributed by atoms with E-state index in [9.17, 15) is 14.0 Å². The number of nitrogens with zero attached hydrogens (tertiary/aromatic N) is 2. The number of aromatic nitrogens is 2. The molecular weight excluding hydrogens is 528 g/mol. The van der Waals surface area contributed by atoms with Crippen molar-refractivity contribution in [3.8, 4) is 5.69 Å². The predicted octanol–water partition coefficient (Wildman–Crippen LogP) is 5.17. The first-order chi connectivity index (χ1) is 14.9. The molecule has 0 unspecified atom stereocenters. The molecule has 4 rings (SSSR count). The minimum atomic E-state index is -0.539. The van der Waals surface area contributed by atoms with Crippen LogP contribution in [0, 0.1) is 16.3 Å². The van der Waals surface area contributed by atoms with E-state index >= 15 is 0 Å². The molecule has 1 heterocycles. The summed E-state index contributed by atoms with van der Waals surface area (Å²) in [7, 11) is 0. The fourth-order valence-electron chi connectivity index (χ4n) is 3.14. The van der Waals surface area contributed by atoms with Crippen molar-refractivity contribution < 1.29 is 9.18 Å². The van der Waals surface area contributed by atoms with E-state index in [1.807, 2.05) is 25.1 Å². The zero-order valence-electron chi connectivity index (χ0n) is 16.4. The third-order valence-corrected chi connectivity index (χ3v) is 6.24. The van der Waals surface area contributed by atoms with Gasteiger partial charge in [-0.2, -0.15) is 0 Å². The molecule has 5 nitrogen and oxygen atoms in total. The average Bonchev–Trinajstić information content (AvgIpc) is 2.75. The summed E-state index contributed by atoms with van der Waals surface area (Å²) in [4.78, 5) is 30.3. The number of benzene rings is 3. The minimum Gasteiger partial charge on any atom is -0.325 e. The number of carbonyl (C=O) groups excluding carboxylic acids is 1. The van der Waals surface area contributed by atoms with E-state index < -0.39 is 5.82 Å². The molecule has 4 aromatic rings. The van der Waals surface area contributed by atoms with Gasteiger partial charge in [-0.15, -0.1) is 0 Å². The monoisotopic (exact) mass is 545 g/mol. The standard InChI is InChI=1S/C23H17FIN3O2S/c1-14-12-15(25)10-11-18(14)26-21(29)13-31-23-27-19-8-4-2-6-16(19)22(30)28(23)20-9-5-3-7-17(20)24/h2-12H,13H2,1H3,(H,26,29). The molecule has 0 atom stereocenters. The van der Waals surface area contributed by atoms with Gasteiger partial charge in [0.1, 0.15) is 5.82 Å². The summed E-state index contributed by atoms with van der Waals surface area (Å²) in [5, 5.41) is 3.51. The van der Waals surface area contributed by atoms with E-state index in [0.29, 0.717) is 10.9 Å². The van der Waals surface area contributed by atoms with E-state index in [1.165, 1.54) is 16.7 Å². The molecule has 0 radical (unpaired) electrons. The first kappa shape index (κ1) is 21.5. The number of rotatable bonds is 5. The molecule has 0 saturated heterocycles. The number of fused-ring (bicyclic) bond motifs is 1. The van der Waals surface area contributed by atoms with Crippen LogP contribution in [-0.4, -0.2) is 21.2 Å². The Morgan fingerprint density at radius 2 is 1.87 bits per heavy atom. The van der Waals surface area contributed by atoms with Crippen molar-refractivity contribution in [1.29, 1.82) is 0 Å². The lowest BCUT2D eigenvalue weighted by Gasteiger charge is -2.14. The number of aryl methyl sites for hydroxylation is 1. The minimum absolute atomic E-state index is 0.0185. The van der Waals surface area contributed by atoms with E-state index in [1.54, 1.807) is 36.4 Å². The van der Waals surface area contributed by atoms with Gasteiger partial charge in [0.05, 0.1) is 22.3 Å². The van der Waals surface area contributed by atoms with Crippen molar-refractivity contribution in [2.24, 2.45) is 0 Å². The number of hydrogen-bond acceptors (Lipinski definition) is 4. The molecule has 0 aliphatic heterocycles. The molecule has 156 valence electrons. The Hall–Kier alpha value is -2.72. The summed E-state index contributed by atoms with van der Waals surface area (Å²) in [5.74, 6) is -0.760. The molecular formula is C23H17FIN3O2S. The third-order valence-electron chi connectivity index (χ3n) is 4.63. The van der Waals surface area contributed by atoms with E-state index in [2.05, 4.69) is 32.9 Å². The number of thioether (sulfide) groups is 1. The van der Waals surface area contributed by atoms with Crippen LogP contribution in [0.2, 0.25) is 0 Å². The first-order valence-electron chi connectivity index (χ1n) is 9.39. The number of hydrogen-bond donors (Lipinski definition) is 1. The van der Waals surface area contributed by atoms with Crippen LogP contribution in [0.3, 0.4) is 0 Å². The number of carbonyl (C=O) groups is 1. The first-order valence-corrected chi connectivity index (χ1v) is 11.5. The topological polar surface area (TPSA) is 64.0 Å². The fraction of sp³-hybridized carbons (Fsp3) is 0.0870. The number of amides is 1. The van der Waals surface area contributed by atoms with Gasteiger partial charge in [-0.3, -0.25) is 14.2 Å². The summed E-state index contributed by atoms with van der Waals surface area (Å²) in [6.45, 7) is 1.92. The van der Waals surface area contributed by atoms with Gasteiger partial charge < -0.3 is 5.32 Å². The Morgan fingerprint density at radius 3 is 2.65 bits per heavy atom. The molecule has 1 N–H and O–H groups in total. The number of nitrogens with one attached hydrogen (secondary N) is 1. The van der Waals surface area contributed by atoms with Crippen molar-refractivity contribution in [3.05, 3.63) is 92.0 Å². The fourth-order valence-corrected chi connectivity index (χ4v) is 4.59. The Morgan fingerprint density at radius 1 is 1.13 bits per heavy atom. The van der Waals surface area contributed by atoms with Crippen LogP contribution >= 0.6 is 34.4 Å². The van der Waals surface area contributed by atoms with Gasteiger partial charge in [0.2, 0.25) is 5.91 Å². The van der Waals surface area contributed by atoms with Crippen LogP contribution in [0.25, 0.3) is 16.6 Å². The second-order valence-corrected chi connectivity index (χ2v) is 8.99. The highest BCUT2D eigenvalue weighted by Crippen LogP contribution is 2.24. The van der Waals surface area contributed by atoms with Gasteiger partial charge in [-0.25, -0.2) is 9.37 Å². The second-order valence-electron chi connectivity index (χ2n) is 6.80. The van der Waals surface area contributed by atoms with Crippen molar-refractivity contribution in [2.75, 3.05) is 11.1 Å². The van der Waals surface area contributed by atoms with Gasteiger partial charge in [0.15, 0.2) is 5.16 Å². The number of anilines is 1. The molecule has 1 aromatic heterocycles. The van der Waals surface area contributed by atoms with Crippen LogP contribution in [0.5, 0.6) is 0 Å². The SMILES string of the molecule is Cc1cc(I)ccc1NC(=O)CSc1nc2ccccc2c(=O)n1-c1ccccc1F. The maximum Gasteiger partial charge on any atom is 0.266 e. The highest BCUT2D eigenvalue weighted by Gasteiger charge is 2.17. The number of para-hydroxylation sites is 2. The molecule has 3 aromatic carbocycles. The normalized spacial score (nSPS) is 10.9. The zero-order chi connectivity index (χ0) is 22.0. The quantitative estimate of drug-likeness (QED) is 0.214. The van der Waals surface area contributed by atoms with Gasteiger partial charge >= 0.3 is 0 Å². The van der Waals surface area contributed by atoms with Crippen LogP contribution in [0.15, 0.2) is 76.7 Å². The third kappa shape index (κ3) is 4.64. The summed E-state index contributed by atoms with van der Waals surface area (Å²) >= 11 is 3.30. The van der Waals surface area contributed by atoms with Gasteiger partial charge in [-0.1, -0.05) is 36.0 Å². The maximum absolute atomic E-state index is 14.5. The van der Waals surface area contributed by atoms with Crippen molar-refractivity contribution in [1.82, 2.24) is 9.55 Å². The second kappa shape index (κ2) is 9.19. The molecule has 0 saturated carbocycles. The molecule has 0 spiro atoms. The highest BCUT2D eigenvalue weighted by molar-refractivity contribution is 14.1. The lowest BCUT2D eigenvalue weighted by molar-refractivity contribution is -0.113. The van der Waals surface area contributed by atoms with Crippen molar-refractivity contribution in [2.45, 2.75) is 12.1 Å². The Labute approximate surface area is 195 Å². The predicted molar refractivity (Wildman–Crippen MR) is 131 cm³/mol. The van der Waals surface area contributed by atoms with Crippen LogP contribution in [-0.2, 0) is 4.79 Å². The highest BCUT2D eigenvalue weighted by atomic mass is 127. The largest absolute Gasteiger partial charge is 0.325 e. The Bertz CT molecular complexity index is 1360. The molecule has 0 aliphatic carbocycles. The van der Waals surface area contributed by atoms with Crippen molar-refractivity contribution in [3.63, 3.8) is 0 Å². The molecule has 0 aliphatic rings. The van der Waals surface area contributed by atoms with Gasteiger partial charge in [-0.05, 0) is 77.5 Å². The molecule has 0 fully saturated rings. The van der Waals surface area contributed by atoms with Crippen LogP contribution < -0.4 is 10.9 Å². The maximum atomic E-state index is 14.5. The smallest absolute Gasteiger partial charge is 0.266 e.